The standard InChI is InChI=1S/C14H23ClN2O3S/c1-3-4-12-5-6-13(15)14(11-12)21(18,19)17-8-7-16-9-10-20-2/h5-6,11,16-17H,3-4,7-10H2,1-2H3. The summed E-state index contributed by atoms with van der Waals surface area (Å²) in [5.74, 6) is 0. The van der Waals surface area contributed by atoms with Gasteiger partial charge in [-0.25, -0.2) is 13.1 Å². The fraction of sp³-hybridized carbons (Fsp3) is 0.571. The van der Waals surface area contributed by atoms with Gasteiger partial charge >= 0.3 is 0 Å². The third-order valence-electron chi connectivity index (χ3n) is 2.90. The van der Waals surface area contributed by atoms with E-state index in [1.54, 1.807) is 19.2 Å². The molecule has 7 heteroatoms. The smallest absolute Gasteiger partial charge is 0.242 e. The summed E-state index contributed by atoms with van der Waals surface area (Å²) < 4.78 is 31.9. The molecule has 0 unspecified atom stereocenters. The maximum Gasteiger partial charge on any atom is 0.242 e. The molecule has 0 aliphatic rings. The molecule has 120 valence electrons. The highest BCUT2D eigenvalue weighted by molar-refractivity contribution is 7.89. The van der Waals surface area contributed by atoms with Gasteiger partial charge in [-0.3, -0.25) is 0 Å². The normalized spacial score (nSPS) is 11.8. The highest BCUT2D eigenvalue weighted by atomic mass is 35.5. The molecule has 0 bridgehead atoms. The van der Waals surface area contributed by atoms with Crippen LogP contribution in [0, 0.1) is 0 Å². The van der Waals surface area contributed by atoms with Crippen LogP contribution in [0.4, 0.5) is 0 Å². The van der Waals surface area contributed by atoms with Crippen molar-refractivity contribution in [2.75, 3.05) is 33.4 Å². The number of halogens is 1. The van der Waals surface area contributed by atoms with Crippen molar-refractivity contribution in [2.45, 2.75) is 24.7 Å². The van der Waals surface area contributed by atoms with E-state index in [1.165, 1.54) is 0 Å². The number of benzene rings is 1. The maximum atomic E-state index is 12.3. The Balaban J connectivity index is 2.63. The third-order valence-corrected chi connectivity index (χ3v) is 4.84. The lowest BCUT2D eigenvalue weighted by Gasteiger charge is -2.10. The van der Waals surface area contributed by atoms with Crippen LogP contribution >= 0.6 is 11.6 Å². The van der Waals surface area contributed by atoms with Gasteiger partial charge in [-0.05, 0) is 24.1 Å². The van der Waals surface area contributed by atoms with Gasteiger partial charge in [0.05, 0.1) is 11.6 Å². The van der Waals surface area contributed by atoms with Crippen molar-refractivity contribution in [1.82, 2.24) is 10.0 Å². The van der Waals surface area contributed by atoms with Crippen LogP contribution in [-0.2, 0) is 21.2 Å². The first-order valence-electron chi connectivity index (χ1n) is 6.99. The van der Waals surface area contributed by atoms with Crippen molar-refractivity contribution in [3.63, 3.8) is 0 Å². The van der Waals surface area contributed by atoms with Crippen molar-refractivity contribution in [1.29, 1.82) is 0 Å². The Kier molecular flexibility index (Phi) is 8.21. The zero-order chi connectivity index (χ0) is 15.7. The second-order valence-corrected chi connectivity index (χ2v) is 6.80. The fourth-order valence-corrected chi connectivity index (χ4v) is 3.43. The molecule has 2 N–H and O–H groups in total. The minimum atomic E-state index is -3.58. The van der Waals surface area contributed by atoms with Crippen molar-refractivity contribution in [3.8, 4) is 0 Å². The van der Waals surface area contributed by atoms with E-state index in [2.05, 4.69) is 10.0 Å². The quantitative estimate of drug-likeness (QED) is 0.640. The average Bonchev–Trinajstić information content (AvgIpc) is 2.45. The molecule has 1 rings (SSSR count). The summed E-state index contributed by atoms with van der Waals surface area (Å²) in [5.41, 5.74) is 0.973. The van der Waals surface area contributed by atoms with Crippen LogP contribution in [0.5, 0.6) is 0 Å². The van der Waals surface area contributed by atoms with Crippen molar-refractivity contribution in [2.24, 2.45) is 0 Å². The average molecular weight is 335 g/mol. The molecular formula is C14H23ClN2O3S. The van der Waals surface area contributed by atoms with Crippen LogP contribution in [-0.4, -0.2) is 41.8 Å². The van der Waals surface area contributed by atoms with Crippen molar-refractivity contribution >= 4 is 21.6 Å². The molecule has 0 radical (unpaired) electrons. The first kappa shape index (κ1) is 18.4. The topological polar surface area (TPSA) is 67.4 Å². The van der Waals surface area contributed by atoms with Gasteiger partial charge in [-0.1, -0.05) is 31.0 Å². The Labute approximate surface area is 132 Å². The van der Waals surface area contributed by atoms with Gasteiger partial charge < -0.3 is 10.1 Å². The highest BCUT2D eigenvalue weighted by Crippen LogP contribution is 2.23. The van der Waals surface area contributed by atoms with E-state index in [0.29, 0.717) is 26.2 Å². The van der Waals surface area contributed by atoms with E-state index in [4.69, 9.17) is 16.3 Å². The van der Waals surface area contributed by atoms with Gasteiger partial charge in [-0.15, -0.1) is 0 Å². The first-order valence-corrected chi connectivity index (χ1v) is 8.85. The van der Waals surface area contributed by atoms with Crippen LogP contribution in [0.2, 0.25) is 5.02 Å². The van der Waals surface area contributed by atoms with E-state index < -0.39 is 10.0 Å². The van der Waals surface area contributed by atoms with Gasteiger partial charge in [0.1, 0.15) is 4.90 Å². The third kappa shape index (κ3) is 6.32. The molecule has 0 amide bonds. The molecule has 0 fully saturated rings. The summed E-state index contributed by atoms with van der Waals surface area (Å²) in [6.45, 7) is 4.17. The number of rotatable bonds is 10. The summed E-state index contributed by atoms with van der Waals surface area (Å²) in [7, 11) is -1.96. The summed E-state index contributed by atoms with van der Waals surface area (Å²) in [6, 6.07) is 5.14. The Bertz CT molecular complexity index is 535. The molecule has 0 saturated carbocycles. The monoisotopic (exact) mass is 334 g/mol. The summed E-state index contributed by atoms with van der Waals surface area (Å²) >= 11 is 6.01. The first-order chi connectivity index (χ1) is 10.0. The zero-order valence-electron chi connectivity index (χ0n) is 12.5. The molecule has 0 heterocycles. The van der Waals surface area contributed by atoms with Gasteiger partial charge in [0.2, 0.25) is 10.0 Å². The lowest BCUT2D eigenvalue weighted by Crippen LogP contribution is -2.33. The molecule has 0 saturated heterocycles. The molecule has 1 aromatic carbocycles. The molecular weight excluding hydrogens is 312 g/mol. The van der Waals surface area contributed by atoms with Gasteiger partial charge in [0.25, 0.3) is 0 Å². The predicted octanol–water partition coefficient (Wildman–Crippen LogP) is 1.81. The van der Waals surface area contributed by atoms with E-state index in [9.17, 15) is 8.42 Å². The Morgan fingerprint density at radius 1 is 1.24 bits per heavy atom. The van der Waals surface area contributed by atoms with Gasteiger partial charge in [0, 0.05) is 26.7 Å². The van der Waals surface area contributed by atoms with E-state index in [1.807, 2.05) is 13.0 Å². The highest BCUT2D eigenvalue weighted by Gasteiger charge is 2.17. The molecule has 0 aliphatic carbocycles. The molecule has 0 aromatic heterocycles. The van der Waals surface area contributed by atoms with Crippen LogP contribution in [0.3, 0.4) is 0 Å². The summed E-state index contributed by atoms with van der Waals surface area (Å²) in [5, 5.41) is 3.32. The molecule has 0 aliphatic heterocycles. The number of ether oxygens (including phenoxy) is 1. The number of sulfonamides is 1. The van der Waals surface area contributed by atoms with Crippen LogP contribution < -0.4 is 10.0 Å². The van der Waals surface area contributed by atoms with Crippen LogP contribution in [0.25, 0.3) is 0 Å². The van der Waals surface area contributed by atoms with Crippen LogP contribution in [0.1, 0.15) is 18.9 Å². The summed E-state index contributed by atoms with van der Waals surface area (Å²) in [6.07, 6.45) is 1.79. The van der Waals surface area contributed by atoms with E-state index >= 15 is 0 Å². The number of nitrogens with one attached hydrogen (secondary N) is 2. The van der Waals surface area contributed by atoms with E-state index in [0.717, 1.165) is 18.4 Å². The maximum absolute atomic E-state index is 12.3. The Morgan fingerprint density at radius 3 is 2.67 bits per heavy atom. The zero-order valence-corrected chi connectivity index (χ0v) is 14.1. The number of methoxy groups -OCH3 is 1. The molecule has 5 nitrogen and oxygen atoms in total. The second-order valence-electron chi connectivity index (χ2n) is 4.66. The second kappa shape index (κ2) is 9.38. The number of hydrogen-bond acceptors (Lipinski definition) is 4. The molecule has 0 spiro atoms. The predicted molar refractivity (Wildman–Crippen MR) is 85.4 cm³/mol. The van der Waals surface area contributed by atoms with Crippen molar-refractivity contribution < 1.29 is 13.2 Å². The summed E-state index contributed by atoms with van der Waals surface area (Å²) in [4.78, 5) is 0.145. The number of hydrogen-bond donors (Lipinski definition) is 2. The molecule has 21 heavy (non-hydrogen) atoms. The van der Waals surface area contributed by atoms with E-state index in [-0.39, 0.29) is 9.92 Å². The Morgan fingerprint density at radius 2 is 2.00 bits per heavy atom. The SMILES string of the molecule is CCCc1ccc(Cl)c(S(=O)(=O)NCCNCCOC)c1. The molecule has 1 aromatic rings. The van der Waals surface area contributed by atoms with Crippen molar-refractivity contribution in [3.05, 3.63) is 28.8 Å². The minimum absolute atomic E-state index is 0.145. The Hall–Kier alpha value is -0.660. The van der Waals surface area contributed by atoms with Gasteiger partial charge in [0.15, 0.2) is 0 Å². The lowest BCUT2D eigenvalue weighted by molar-refractivity contribution is 0.199. The van der Waals surface area contributed by atoms with Gasteiger partial charge in [-0.2, -0.15) is 0 Å². The number of aryl methyl sites for hydroxylation is 1. The lowest BCUT2D eigenvalue weighted by atomic mass is 10.1. The largest absolute Gasteiger partial charge is 0.383 e. The minimum Gasteiger partial charge on any atom is -0.383 e. The van der Waals surface area contributed by atoms with Crippen LogP contribution in [0.15, 0.2) is 23.1 Å². The fourth-order valence-electron chi connectivity index (χ4n) is 1.85. The molecule has 0 atom stereocenters.